The van der Waals surface area contributed by atoms with E-state index < -0.39 is 79.5 Å². The quantitative estimate of drug-likeness (QED) is 0.325. The number of nitrogens with one attached hydrogen (secondary N) is 2. The molecule has 0 bridgehead atoms. The molecule has 1 aromatic rings. The van der Waals surface area contributed by atoms with E-state index in [1.165, 1.54) is 4.90 Å². The third kappa shape index (κ3) is 7.36. The van der Waals surface area contributed by atoms with E-state index in [2.05, 4.69) is 21.8 Å². The van der Waals surface area contributed by atoms with Gasteiger partial charge < -0.3 is 24.5 Å². The Morgan fingerprint density at radius 2 is 1.96 bits per heavy atom. The van der Waals surface area contributed by atoms with Crippen LogP contribution in [0.4, 0.5) is 4.79 Å². The Morgan fingerprint density at radius 3 is 2.57 bits per heavy atom. The number of benzene rings is 1. The van der Waals surface area contributed by atoms with Gasteiger partial charge in [-0.2, -0.15) is 0 Å². The first-order valence-corrected chi connectivity index (χ1v) is 18.6. The number of nitrogens with zero attached hydrogens (tertiary/aromatic N) is 2. The summed E-state index contributed by atoms with van der Waals surface area (Å²) in [5.41, 5.74) is -1.83. The lowest BCUT2D eigenvalue weighted by molar-refractivity contribution is -0.142. The maximum atomic E-state index is 14.5. The minimum atomic E-state index is -3.86. The first kappa shape index (κ1) is 35.3. The number of rotatable bonds is 11. The number of sulfonamides is 1. The third-order valence-electron chi connectivity index (χ3n) is 10.1. The van der Waals surface area contributed by atoms with Crippen LogP contribution < -0.4 is 10.0 Å². The number of carbonyl (C=O) groups excluding carboxylic acids is 4. The number of allylic oxidation sites excluding steroid dienone is 1. The highest BCUT2D eigenvalue weighted by Crippen LogP contribution is 2.57. The molecule has 0 radical (unpaired) electrons. The van der Waals surface area contributed by atoms with E-state index in [9.17, 15) is 27.6 Å². The van der Waals surface area contributed by atoms with E-state index in [-0.39, 0.29) is 38.8 Å². The number of oxime groups is 1. The monoisotopic (exact) mass is 718 g/mol. The molecule has 2 N–H and O–H groups in total. The van der Waals surface area contributed by atoms with Crippen molar-refractivity contribution in [3.63, 3.8) is 0 Å². The highest BCUT2D eigenvalue weighted by atomic mass is 35.5. The van der Waals surface area contributed by atoms with Crippen LogP contribution in [0.3, 0.4) is 0 Å². The number of hydrogen-bond donors (Lipinski definition) is 2. The van der Waals surface area contributed by atoms with Gasteiger partial charge in [-0.05, 0) is 42.7 Å². The van der Waals surface area contributed by atoms with Crippen molar-refractivity contribution < 1.29 is 41.9 Å². The molecule has 13 nitrogen and oxygen atoms in total. The molecular formula is C34H43ClN4O9S. The number of carbonyl (C=O) groups is 4. The maximum absolute atomic E-state index is 14.5. The lowest BCUT2D eigenvalue weighted by Crippen LogP contribution is -2.57. The maximum Gasteiger partial charge on any atom is 0.408 e. The molecule has 0 unspecified atom stereocenters. The Labute approximate surface area is 291 Å². The van der Waals surface area contributed by atoms with Gasteiger partial charge in [0.2, 0.25) is 21.8 Å². The van der Waals surface area contributed by atoms with E-state index in [0.29, 0.717) is 36.6 Å². The van der Waals surface area contributed by atoms with E-state index in [0.717, 1.165) is 5.56 Å². The topological polar surface area (TPSA) is 170 Å². The highest BCUT2D eigenvalue weighted by Gasteiger charge is 2.63. The molecule has 266 valence electrons. The van der Waals surface area contributed by atoms with Gasteiger partial charge in [-0.15, -0.1) is 6.58 Å². The molecule has 49 heavy (non-hydrogen) atoms. The lowest BCUT2D eigenvalue weighted by atomic mass is 9.85. The molecule has 2 saturated heterocycles. The number of amides is 3. The highest BCUT2D eigenvalue weighted by molar-refractivity contribution is 7.90. The second-order valence-electron chi connectivity index (χ2n) is 15.0. The SMILES string of the molecule is C=C[C@@H]1C[C@]1(CC(=O)[C@@H]1C[C@]2(CC(c3cccc(Cl)c3)=NO2)CN1C(=O)[C@@H](NC(=O)O[C@H]1CCOC1)C(C)(C)C)C(=O)NS(=O)(=O)C1CC1. The molecule has 2 saturated carbocycles. The van der Waals surface area contributed by atoms with Crippen molar-refractivity contribution in [3.05, 3.63) is 47.5 Å². The summed E-state index contributed by atoms with van der Waals surface area (Å²) in [5, 5.41) is 6.97. The number of alkyl carbamates (subject to hydrolysis) is 1. The van der Waals surface area contributed by atoms with Gasteiger partial charge >= 0.3 is 6.09 Å². The Bertz CT molecular complexity index is 1680. The van der Waals surface area contributed by atoms with Crippen molar-refractivity contribution in [2.75, 3.05) is 19.8 Å². The van der Waals surface area contributed by atoms with Crippen LogP contribution in [0.15, 0.2) is 42.1 Å². The predicted octanol–water partition coefficient (Wildman–Crippen LogP) is 3.49. The van der Waals surface area contributed by atoms with Crippen molar-refractivity contribution in [2.24, 2.45) is 21.9 Å². The molecule has 4 fully saturated rings. The molecule has 2 aliphatic carbocycles. The zero-order chi connectivity index (χ0) is 35.4. The predicted molar refractivity (Wildman–Crippen MR) is 179 cm³/mol. The number of ether oxygens (including phenoxy) is 2. The Kier molecular flexibility index (Phi) is 9.38. The van der Waals surface area contributed by atoms with Gasteiger partial charge in [-0.1, -0.05) is 55.7 Å². The van der Waals surface area contributed by atoms with Crippen LogP contribution in [0, 0.1) is 16.7 Å². The van der Waals surface area contributed by atoms with Gasteiger partial charge in [0.25, 0.3) is 0 Å². The second-order valence-corrected chi connectivity index (χ2v) is 17.4. The van der Waals surface area contributed by atoms with E-state index in [1.54, 1.807) is 45.0 Å². The number of likely N-dealkylation sites (tertiary alicyclic amines) is 1. The molecule has 5 aliphatic rings. The van der Waals surface area contributed by atoms with Crippen LogP contribution in [0.1, 0.15) is 71.3 Å². The van der Waals surface area contributed by atoms with Gasteiger partial charge in [-0.25, -0.2) is 13.2 Å². The summed E-state index contributed by atoms with van der Waals surface area (Å²) in [7, 11) is -3.86. The summed E-state index contributed by atoms with van der Waals surface area (Å²) in [6.07, 6.45) is 2.14. The van der Waals surface area contributed by atoms with Gasteiger partial charge in [0.1, 0.15) is 12.1 Å². The second kappa shape index (κ2) is 13.0. The number of ketones is 1. The molecule has 0 aromatic heterocycles. The molecular weight excluding hydrogens is 676 g/mol. The van der Waals surface area contributed by atoms with Crippen molar-refractivity contribution in [2.45, 2.75) is 94.8 Å². The van der Waals surface area contributed by atoms with Gasteiger partial charge in [0.05, 0.1) is 42.2 Å². The van der Waals surface area contributed by atoms with Crippen LogP contribution in [0.25, 0.3) is 0 Å². The fourth-order valence-electron chi connectivity index (χ4n) is 7.04. The summed E-state index contributed by atoms with van der Waals surface area (Å²) in [4.78, 5) is 62.8. The largest absolute Gasteiger partial charge is 0.444 e. The van der Waals surface area contributed by atoms with Crippen LogP contribution in [0.2, 0.25) is 5.02 Å². The normalized spacial score (nSPS) is 29.9. The fraction of sp³-hybridized carbons (Fsp3) is 0.618. The zero-order valence-electron chi connectivity index (χ0n) is 27.9. The molecule has 3 amide bonds. The van der Waals surface area contributed by atoms with E-state index in [4.69, 9.17) is 25.9 Å². The average Bonchev–Trinajstić information content (AvgIpc) is 3.86. The molecule has 1 spiro atoms. The molecule has 3 aliphatic heterocycles. The molecule has 15 heteroatoms. The lowest BCUT2D eigenvalue weighted by Gasteiger charge is -2.35. The summed E-state index contributed by atoms with van der Waals surface area (Å²) in [6, 6.07) is 4.98. The molecule has 6 atom stereocenters. The average molecular weight is 719 g/mol. The Morgan fingerprint density at radius 1 is 1.20 bits per heavy atom. The number of halogens is 1. The third-order valence-corrected chi connectivity index (χ3v) is 12.2. The smallest absolute Gasteiger partial charge is 0.408 e. The Hall–Kier alpha value is -3.49. The first-order chi connectivity index (χ1) is 23.1. The molecule has 3 heterocycles. The van der Waals surface area contributed by atoms with Crippen molar-refractivity contribution in [1.29, 1.82) is 0 Å². The summed E-state index contributed by atoms with van der Waals surface area (Å²) >= 11 is 6.23. The van der Waals surface area contributed by atoms with Crippen LogP contribution in [-0.2, 0) is 38.7 Å². The fourth-order valence-corrected chi connectivity index (χ4v) is 8.61. The summed E-state index contributed by atoms with van der Waals surface area (Å²) in [5.74, 6) is -2.09. The van der Waals surface area contributed by atoms with Crippen molar-refractivity contribution in [3.8, 4) is 0 Å². The number of Topliss-reactive ketones (excluding diaryl/α,β-unsaturated/α-hetero) is 1. The minimum Gasteiger partial charge on any atom is -0.444 e. The Balaban J connectivity index is 1.26. The first-order valence-electron chi connectivity index (χ1n) is 16.6. The molecule has 1 aromatic carbocycles. The van der Waals surface area contributed by atoms with Crippen LogP contribution in [0.5, 0.6) is 0 Å². The number of hydrogen-bond acceptors (Lipinski definition) is 10. The standard InChI is InChI=1S/C34H43ClN4O9S/c1-5-21-14-34(21,30(42)38-49(44,45)24-9-10-24)17-27(40)26-16-33(15-25(37-48-33)20-7-6-8-22(35)13-20)19-39(26)29(41)28(32(2,3)4)36-31(43)47-23-11-12-46-18-23/h5-8,13,21,23-24,26,28H,1,9-12,14-19H2,2-4H3,(H,36,43)(H,38,42)/t21-,23+,26+,28-,33-,34-/m1/s1. The van der Waals surface area contributed by atoms with Gasteiger partial charge in [0, 0.05) is 36.3 Å². The molecule has 6 rings (SSSR count). The van der Waals surface area contributed by atoms with Crippen LogP contribution in [-0.4, -0.2) is 91.5 Å². The van der Waals surface area contributed by atoms with Gasteiger partial charge in [0.15, 0.2) is 11.4 Å². The van der Waals surface area contributed by atoms with E-state index in [1.807, 2.05) is 6.07 Å². The zero-order valence-corrected chi connectivity index (χ0v) is 29.5. The van der Waals surface area contributed by atoms with E-state index >= 15 is 0 Å². The van der Waals surface area contributed by atoms with Crippen molar-refractivity contribution in [1.82, 2.24) is 14.9 Å². The summed E-state index contributed by atoms with van der Waals surface area (Å²) in [6.45, 7) is 9.90. The van der Waals surface area contributed by atoms with Crippen LogP contribution >= 0.6 is 11.6 Å². The van der Waals surface area contributed by atoms with Crippen molar-refractivity contribution >= 4 is 51.0 Å². The van der Waals surface area contributed by atoms with Gasteiger partial charge in [-0.3, -0.25) is 19.1 Å². The minimum absolute atomic E-state index is 0.0181. The summed E-state index contributed by atoms with van der Waals surface area (Å²) < 4.78 is 38.4.